The van der Waals surface area contributed by atoms with Crippen molar-refractivity contribution in [1.82, 2.24) is 15.0 Å². The summed E-state index contributed by atoms with van der Waals surface area (Å²) in [5.41, 5.74) is 2.91. The molecule has 1 aromatic carbocycles. The molecule has 0 bridgehead atoms. The molecule has 0 aliphatic carbocycles. The largest absolute Gasteiger partial charge is 0.444 e. The van der Waals surface area contributed by atoms with Crippen molar-refractivity contribution in [3.63, 3.8) is 0 Å². The lowest BCUT2D eigenvalue weighted by Crippen LogP contribution is -2.04. The van der Waals surface area contributed by atoms with E-state index in [0.29, 0.717) is 18.0 Å². The van der Waals surface area contributed by atoms with E-state index in [1.54, 1.807) is 6.20 Å². The normalized spacial score (nSPS) is 10.7. The molecule has 0 unspecified atom stereocenters. The number of hydrogen-bond donors (Lipinski definition) is 2. The molecule has 2 N–H and O–H groups in total. The molecule has 3 rings (SSSR count). The average Bonchev–Trinajstić information content (AvgIpc) is 3.08. The second-order valence-corrected chi connectivity index (χ2v) is 5.42. The molecule has 3 aromatic rings. The Kier molecular flexibility index (Phi) is 4.76. The van der Waals surface area contributed by atoms with E-state index < -0.39 is 0 Å². The minimum absolute atomic E-state index is 0.118. The molecule has 0 aliphatic rings. The summed E-state index contributed by atoms with van der Waals surface area (Å²) >= 11 is 11.7. The third-order valence-corrected chi connectivity index (χ3v) is 3.69. The predicted octanol–water partition coefficient (Wildman–Crippen LogP) is 3.54. The van der Waals surface area contributed by atoms with E-state index in [0.717, 1.165) is 16.8 Å². The third-order valence-electron chi connectivity index (χ3n) is 3.20. The highest BCUT2D eigenvalue weighted by Crippen LogP contribution is 2.26. The average molecular weight is 351 g/mol. The Morgan fingerprint density at radius 1 is 1.22 bits per heavy atom. The number of nitrogens with zero attached hydrogens (tertiary/aromatic N) is 3. The Morgan fingerprint density at radius 3 is 2.78 bits per heavy atom. The van der Waals surface area contributed by atoms with Crippen LogP contribution in [0.1, 0.15) is 11.3 Å². The molecule has 0 spiro atoms. The number of aromatic nitrogens is 3. The fourth-order valence-electron chi connectivity index (χ4n) is 2.10. The number of anilines is 1. The van der Waals surface area contributed by atoms with Gasteiger partial charge in [0.2, 0.25) is 0 Å². The molecule has 2 heterocycles. The number of halogens is 2. The van der Waals surface area contributed by atoms with Crippen LogP contribution in [0.15, 0.2) is 41.4 Å². The number of rotatable bonds is 5. The lowest BCUT2D eigenvalue weighted by atomic mass is 10.1. The van der Waals surface area contributed by atoms with Crippen LogP contribution >= 0.6 is 23.2 Å². The van der Waals surface area contributed by atoms with Crippen LogP contribution < -0.4 is 5.32 Å². The van der Waals surface area contributed by atoms with Crippen LogP contribution in [-0.2, 0) is 13.2 Å². The van der Waals surface area contributed by atoms with Crippen LogP contribution in [0.25, 0.3) is 11.3 Å². The van der Waals surface area contributed by atoms with Gasteiger partial charge in [-0.2, -0.15) is 0 Å². The molecular formula is C15H12Cl2N4O2. The fourth-order valence-corrected chi connectivity index (χ4v) is 2.48. The van der Waals surface area contributed by atoms with Gasteiger partial charge >= 0.3 is 0 Å². The molecule has 6 nitrogen and oxygen atoms in total. The standard InChI is InChI=1S/C15H12Cl2N4O2/c16-14-6-20-12(15(17)21-14)4-19-10-1-2-11(9(3-10)7-22)13-5-18-8-23-13/h1-3,5-6,8,19,22H,4,7H2. The Labute approximate surface area is 142 Å². The van der Waals surface area contributed by atoms with Gasteiger partial charge in [0.15, 0.2) is 17.3 Å². The maximum absolute atomic E-state index is 9.55. The van der Waals surface area contributed by atoms with E-state index >= 15 is 0 Å². The molecule has 0 saturated carbocycles. The minimum Gasteiger partial charge on any atom is -0.444 e. The van der Waals surface area contributed by atoms with Crippen LogP contribution in [0.4, 0.5) is 5.69 Å². The van der Waals surface area contributed by atoms with Gasteiger partial charge in [-0.3, -0.25) is 4.98 Å². The Hall–Kier alpha value is -2.15. The molecule has 0 radical (unpaired) electrons. The molecule has 0 atom stereocenters. The highest BCUT2D eigenvalue weighted by Gasteiger charge is 2.10. The summed E-state index contributed by atoms with van der Waals surface area (Å²) in [5.74, 6) is 0.604. The number of hydrogen-bond acceptors (Lipinski definition) is 6. The van der Waals surface area contributed by atoms with Gasteiger partial charge in [0, 0.05) is 11.3 Å². The first-order valence-corrected chi connectivity index (χ1v) is 7.46. The molecule has 0 aliphatic heterocycles. The summed E-state index contributed by atoms with van der Waals surface area (Å²) in [7, 11) is 0. The summed E-state index contributed by atoms with van der Waals surface area (Å²) in [6.45, 7) is 0.266. The van der Waals surface area contributed by atoms with Crippen LogP contribution in [0.2, 0.25) is 10.3 Å². The number of aliphatic hydroxyl groups is 1. The molecule has 118 valence electrons. The predicted molar refractivity (Wildman–Crippen MR) is 87.2 cm³/mol. The Balaban J connectivity index is 1.78. The van der Waals surface area contributed by atoms with Crippen molar-refractivity contribution in [2.24, 2.45) is 0 Å². The molecule has 2 aromatic heterocycles. The zero-order valence-corrected chi connectivity index (χ0v) is 13.3. The summed E-state index contributed by atoms with van der Waals surface area (Å²) < 4.78 is 5.27. The van der Waals surface area contributed by atoms with Gasteiger partial charge in [0.05, 0.1) is 31.2 Å². The van der Waals surface area contributed by atoms with Gasteiger partial charge in [-0.25, -0.2) is 9.97 Å². The van der Waals surface area contributed by atoms with Crippen LogP contribution in [0, 0.1) is 0 Å². The van der Waals surface area contributed by atoms with E-state index in [4.69, 9.17) is 27.6 Å². The maximum atomic E-state index is 9.55. The van der Waals surface area contributed by atoms with Gasteiger partial charge in [-0.05, 0) is 23.8 Å². The molecule has 0 saturated heterocycles. The van der Waals surface area contributed by atoms with Crippen LogP contribution in [0.5, 0.6) is 0 Å². The highest BCUT2D eigenvalue weighted by molar-refractivity contribution is 6.32. The zero-order chi connectivity index (χ0) is 16.2. The molecule has 23 heavy (non-hydrogen) atoms. The Morgan fingerprint density at radius 2 is 2.09 bits per heavy atom. The first kappa shape index (κ1) is 15.7. The van der Waals surface area contributed by atoms with Crippen LogP contribution in [0.3, 0.4) is 0 Å². The SMILES string of the molecule is OCc1cc(NCc2ncc(Cl)nc2Cl)ccc1-c1cnco1. The molecule has 0 fully saturated rings. The number of aliphatic hydroxyl groups excluding tert-OH is 1. The van der Waals surface area contributed by atoms with Crippen molar-refractivity contribution in [2.45, 2.75) is 13.2 Å². The smallest absolute Gasteiger partial charge is 0.181 e. The second kappa shape index (κ2) is 6.95. The summed E-state index contributed by atoms with van der Waals surface area (Å²) in [6.07, 6.45) is 4.39. The van der Waals surface area contributed by atoms with Gasteiger partial charge in [0.25, 0.3) is 0 Å². The van der Waals surface area contributed by atoms with Gasteiger partial charge in [-0.15, -0.1) is 0 Å². The number of benzene rings is 1. The van der Waals surface area contributed by atoms with Gasteiger partial charge < -0.3 is 14.8 Å². The summed E-state index contributed by atoms with van der Waals surface area (Å²) in [6, 6.07) is 5.55. The lowest BCUT2D eigenvalue weighted by molar-refractivity contribution is 0.282. The maximum Gasteiger partial charge on any atom is 0.181 e. The molecular weight excluding hydrogens is 339 g/mol. The number of nitrogens with one attached hydrogen (secondary N) is 1. The van der Waals surface area contributed by atoms with Crippen molar-refractivity contribution in [3.8, 4) is 11.3 Å². The van der Waals surface area contributed by atoms with E-state index in [-0.39, 0.29) is 16.9 Å². The van der Waals surface area contributed by atoms with E-state index in [2.05, 4.69) is 20.3 Å². The lowest BCUT2D eigenvalue weighted by Gasteiger charge is -2.10. The van der Waals surface area contributed by atoms with Crippen molar-refractivity contribution in [1.29, 1.82) is 0 Å². The topological polar surface area (TPSA) is 84.1 Å². The third kappa shape index (κ3) is 3.61. The minimum atomic E-state index is -0.118. The quantitative estimate of drug-likeness (QED) is 0.731. The van der Waals surface area contributed by atoms with Gasteiger partial charge in [-0.1, -0.05) is 23.2 Å². The first-order valence-electron chi connectivity index (χ1n) is 6.71. The van der Waals surface area contributed by atoms with Crippen molar-refractivity contribution in [2.75, 3.05) is 5.32 Å². The van der Waals surface area contributed by atoms with Gasteiger partial charge in [0.1, 0.15) is 5.15 Å². The fraction of sp³-hybridized carbons (Fsp3) is 0.133. The van der Waals surface area contributed by atoms with E-state index in [1.807, 2.05) is 18.2 Å². The molecule has 8 heteroatoms. The van der Waals surface area contributed by atoms with E-state index in [1.165, 1.54) is 12.6 Å². The van der Waals surface area contributed by atoms with Crippen molar-refractivity contribution in [3.05, 3.63) is 58.6 Å². The zero-order valence-electron chi connectivity index (χ0n) is 11.8. The van der Waals surface area contributed by atoms with E-state index in [9.17, 15) is 5.11 Å². The van der Waals surface area contributed by atoms with Crippen LogP contribution in [-0.4, -0.2) is 20.1 Å². The first-order chi connectivity index (χ1) is 11.2. The summed E-state index contributed by atoms with van der Waals surface area (Å²) in [4.78, 5) is 12.0. The number of oxazole rings is 1. The monoisotopic (exact) mass is 350 g/mol. The second-order valence-electron chi connectivity index (χ2n) is 4.68. The highest BCUT2D eigenvalue weighted by atomic mass is 35.5. The van der Waals surface area contributed by atoms with Crippen molar-refractivity contribution < 1.29 is 9.52 Å². The Bertz CT molecular complexity index is 809. The molecule has 0 amide bonds. The van der Waals surface area contributed by atoms with Crippen molar-refractivity contribution >= 4 is 28.9 Å². The summed E-state index contributed by atoms with van der Waals surface area (Å²) in [5, 5.41) is 13.2.